The molecular formula is C23H26N2O5S. The van der Waals surface area contributed by atoms with E-state index in [0.29, 0.717) is 12.2 Å². The fourth-order valence-corrected chi connectivity index (χ4v) is 4.26. The summed E-state index contributed by atoms with van der Waals surface area (Å²) in [5, 5.41) is 2.02. The van der Waals surface area contributed by atoms with Gasteiger partial charge in [0.05, 0.1) is 20.1 Å². The molecule has 1 aromatic heterocycles. The number of benzene rings is 1. The molecule has 2 atom stereocenters. The minimum atomic E-state index is -0.804. The van der Waals surface area contributed by atoms with Gasteiger partial charge in [-0.15, -0.1) is 0 Å². The highest BCUT2D eigenvalue weighted by Gasteiger charge is 2.43. The lowest BCUT2D eigenvalue weighted by atomic mass is 9.99. The zero-order valence-electron chi connectivity index (χ0n) is 17.8. The van der Waals surface area contributed by atoms with E-state index in [9.17, 15) is 14.4 Å². The van der Waals surface area contributed by atoms with Crippen molar-refractivity contribution in [2.45, 2.75) is 43.8 Å². The van der Waals surface area contributed by atoms with Crippen LogP contribution in [0.1, 0.15) is 43.0 Å². The van der Waals surface area contributed by atoms with Gasteiger partial charge in [-0.05, 0) is 60.9 Å². The largest absolute Gasteiger partial charge is 0.493 e. The van der Waals surface area contributed by atoms with Gasteiger partial charge in [0.15, 0.2) is 0 Å². The van der Waals surface area contributed by atoms with Gasteiger partial charge in [-0.3, -0.25) is 24.7 Å². The molecular weight excluding hydrogens is 416 g/mol. The lowest BCUT2D eigenvalue weighted by molar-refractivity contribution is -0.141. The zero-order valence-corrected chi connectivity index (χ0v) is 18.7. The number of rotatable bonds is 9. The van der Waals surface area contributed by atoms with Crippen molar-refractivity contribution in [3.63, 3.8) is 0 Å². The Labute approximate surface area is 185 Å². The molecule has 1 saturated heterocycles. The van der Waals surface area contributed by atoms with E-state index < -0.39 is 4.75 Å². The minimum Gasteiger partial charge on any atom is -0.493 e. The summed E-state index contributed by atoms with van der Waals surface area (Å²) in [6, 6.07) is 11.3. The van der Waals surface area contributed by atoms with E-state index in [-0.39, 0.29) is 36.1 Å². The number of hydrogen-bond donors (Lipinski definition) is 1. The quantitative estimate of drug-likeness (QED) is 0.592. The molecule has 1 aromatic carbocycles. The molecule has 7 nitrogen and oxygen atoms in total. The molecule has 2 amide bonds. The van der Waals surface area contributed by atoms with Crippen LogP contribution in [0.2, 0.25) is 0 Å². The topological polar surface area (TPSA) is 94.6 Å². The van der Waals surface area contributed by atoms with Gasteiger partial charge in [-0.2, -0.15) is 0 Å². The molecule has 0 radical (unpaired) electrons. The average molecular weight is 443 g/mol. The highest BCUT2D eigenvalue weighted by atomic mass is 32.2. The third-order valence-electron chi connectivity index (χ3n) is 5.24. The second kappa shape index (κ2) is 9.96. The molecule has 1 fully saturated rings. The maximum atomic E-state index is 12.0. The minimum absolute atomic E-state index is 0.172. The van der Waals surface area contributed by atoms with Gasteiger partial charge in [0, 0.05) is 17.8 Å². The van der Waals surface area contributed by atoms with Crippen LogP contribution < -0.4 is 10.1 Å². The molecule has 31 heavy (non-hydrogen) atoms. The monoisotopic (exact) mass is 442 g/mol. The Bertz CT molecular complexity index is 945. The number of aryl methyl sites for hydroxylation is 1. The van der Waals surface area contributed by atoms with Gasteiger partial charge < -0.3 is 9.47 Å². The molecule has 0 spiro atoms. The first-order valence-electron chi connectivity index (χ1n) is 10.1. The summed E-state index contributed by atoms with van der Waals surface area (Å²) >= 11 is 1.02. The number of esters is 1. The number of ether oxygens (including phenoxy) is 2. The summed E-state index contributed by atoms with van der Waals surface area (Å²) in [7, 11) is 1.36. The number of nitrogens with one attached hydrogen (secondary N) is 1. The Morgan fingerprint density at radius 2 is 1.87 bits per heavy atom. The second-order valence-electron chi connectivity index (χ2n) is 7.63. The van der Waals surface area contributed by atoms with Crippen molar-refractivity contribution in [2.24, 2.45) is 0 Å². The van der Waals surface area contributed by atoms with Crippen molar-refractivity contribution in [1.82, 2.24) is 10.3 Å². The van der Waals surface area contributed by atoms with Crippen LogP contribution in [0.15, 0.2) is 42.6 Å². The number of amides is 2. The lowest BCUT2D eigenvalue weighted by Gasteiger charge is -2.19. The summed E-state index contributed by atoms with van der Waals surface area (Å²) in [4.78, 5) is 39.8. The average Bonchev–Trinajstić information content (AvgIpc) is 3.02. The molecule has 2 aromatic rings. The summed E-state index contributed by atoms with van der Waals surface area (Å²) in [5.41, 5.74) is 2.83. The fourth-order valence-electron chi connectivity index (χ4n) is 3.33. The highest BCUT2D eigenvalue weighted by molar-refractivity contribution is 8.16. The predicted molar refractivity (Wildman–Crippen MR) is 118 cm³/mol. The smallest absolute Gasteiger partial charge is 0.306 e. The van der Waals surface area contributed by atoms with Gasteiger partial charge in [0.2, 0.25) is 5.91 Å². The first-order valence-corrected chi connectivity index (χ1v) is 10.9. The van der Waals surface area contributed by atoms with E-state index in [1.807, 2.05) is 42.6 Å². The Balaban J connectivity index is 1.64. The van der Waals surface area contributed by atoms with Gasteiger partial charge in [-0.25, -0.2) is 0 Å². The molecule has 2 heterocycles. The fraction of sp³-hybridized carbons (Fsp3) is 0.391. The van der Waals surface area contributed by atoms with Crippen molar-refractivity contribution in [3.05, 3.63) is 59.4 Å². The maximum Gasteiger partial charge on any atom is 0.306 e. The third-order valence-corrected chi connectivity index (χ3v) is 6.31. The molecule has 1 aliphatic heterocycles. The van der Waals surface area contributed by atoms with Gasteiger partial charge in [0.25, 0.3) is 5.24 Å². The molecule has 0 saturated carbocycles. The lowest BCUT2D eigenvalue weighted by Crippen LogP contribution is -2.35. The molecule has 2 unspecified atom stereocenters. The van der Waals surface area contributed by atoms with Crippen LogP contribution in [-0.2, 0) is 27.2 Å². The molecule has 0 bridgehead atoms. The van der Waals surface area contributed by atoms with Gasteiger partial charge in [0.1, 0.15) is 10.5 Å². The maximum absolute atomic E-state index is 12.0. The van der Waals surface area contributed by atoms with Crippen LogP contribution in [0.3, 0.4) is 0 Å². The molecule has 0 aliphatic carbocycles. The molecule has 3 rings (SSSR count). The normalized spacial score (nSPS) is 19.1. The van der Waals surface area contributed by atoms with Crippen molar-refractivity contribution in [3.8, 4) is 5.75 Å². The Morgan fingerprint density at radius 1 is 1.16 bits per heavy atom. The van der Waals surface area contributed by atoms with E-state index in [0.717, 1.165) is 35.0 Å². The van der Waals surface area contributed by atoms with E-state index in [2.05, 4.69) is 17.2 Å². The van der Waals surface area contributed by atoms with Crippen LogP contribution in [0, 0.1) is 0 Å². The van der Waals surface area contributed by atoms with E-state index in [1.54, 1.807) is 6.92 Å². The van der Waals surface area contributed by atoms with Gasteiger partial charge >= 0.3 is 5.97 Å². The Hall–Kier alpha value is -2.87. The highest BCUT2D eigenvalue weighted by Crippen LogP contribution is 2.35. The number of carbonyl (C=O) groups is 3. The van der Waals surface area contributed by atoms with Crippen LogP contribution >= 0.6 is 11.8 Å². The number of hydrogen-bond acceptors (Lipinski definition) is 7. The van der Waals surface area contributed by atoms with Crippen LogP contribution in [0.25, 0.3) is 0 Å². The standard InChI is InChI=1S/C23H26N2O5S/c1-4-15-7-10-19(24-13-15)17(11-20(26)29-3)14-30-18-8-5-16(6-9-18)12-23(2)21(27)25-22(28)31-23/h5-10,13,17H,4,11-12,14H2,1-3H3,(H,25,27,28). The number of imide groups is 1. The SMILES string of the molecule is CCc1ccc(C(COc2ccc(CC3(C)SC(=O)NC3=O)cc2)CC(=O)OC)nc1. The number of methoxy groups -OCH3 is 1. The number of pyridine rings is 1. The molecule has 164 valence electrons. The first kappa shape index (κ1) is 22.8. The van der Waals surface area contributed by atoms with E-state index >= 15 is 0 Å². The summed E-state index contributed by atoms with van der Waals surface area (Å²) in [6.45, 7) is 4.10. The van der Waals surface area contributed by atoms with Crippen molar-refractivity contribution >= 4 is 28.9 Å². The van der Waals surface area contributed by atoms with Crippen LogP contribution in [-0.4, -0.2) is 40.6 Å². The van der Waals surface area contributed by atoms with E-state index in [4.69, 9.17) is 9.47 Å². The summed E-state index contributed by atoms with van der Waals surface area (Å²) in [5.74, 6) is -0.175. The number of aromatic nitrogens is 1. The van der Waals surface area contributed by atoms with Crippen LogP contribution in [0.4, 0.5) is 4.79 Å². The van der Waals surface area contributed by atoms with E-state index in [1.165, 1.54) is 7.11 Å². The number of carbonyl (C=O) groups excluding carboxylic acids is 3. The van der Waals surface area contributed by atoms with Crippen molar-refractivity contribution in [1.29, 1.82) is 0 Å². The Morgan fingerprint density at radius 3 is 2.42 bits per heavy atom. The summed E-state index contributed by atoms with van der Waals surface area (Å²) < 4.78 is 9.95. The zero-order chi connectivity index (χ0) is 22.4. The second-order valence-corrected chi connectivity index (χ2v) is 9.10. The predicted octanol–water partition coefficient (Wildman–Crippen LogP) is 3.65. The molecule has 1 aliphatic rings. The third kappa shape index (κ3) is 5.85. The van der Waals surface area contributed by atoms with Gasteiger partial charge in [-0.1, -0.05) is 25.1 Å². The van der Waals surface area contributed by atoms with Crippen molar-refractivity contribution in [2.75, 3.05) is 13.7 Å². The summed E-state index contributed by atoms with van der Waals surface area (Å²) in [6.07, 6.45) is 3.32. The molecule has 1 N–H and O–H groups in total. The number of thioether (sulfide) groups is 1. The number of nitrogens with zero attached hydrogens (tertiary/aromatic N) is 1. The molecule has 8 heteroatoms. The van der Waals surface area contributed by atoms with Crippen LogP contribution in [0.5, 0.6) is 5.75 Å². The van der Waals surface area contributed by atoms with Crippen molar-refractivity contribution < 1.29 is 23.9 Å². The first-order chi connectivity index (χ1) is 14.8. The Kier molecular flexibility index (Phi) is 7.33.